The van der Waals surface area contributed by atoms with E-state index < -0.39 is 5.25 Å². The zero-order valence-electron chi connectivity index (χ0n) is 16.9. The van der Waals surface area contributed by atoms with Gasteiger partial charge in [0.1, 0.15) is 5.25 Å². The second-order valence-electron chi connectivity index (χ2n) is 7.41. The molecule has 1 aromatic carbocycles. The van der Waals surface area contributed by atoms with E-state index in [1.54, 1.807) is 48.8 Å². The van der Waals surface area contributed by atoms with Crippen LogP contribution in [0.2, 0.25) is 0 Å². The number of hydrogen-bond acceptors (Lipinski definition) is 6. The zero-order chi connectivity index (χ0) is 21.6. The molecule has 3 amide bonds. The quantitative estimate of drug-likeness (QED) is 0.745. The molecule has 1 aromatic heterocycles. The number of piperidine rings is 1. The minimum Gasteiger partial charge on any atom is -0.351 e. The van der Waals surface area contributed by atoms with Crippen molar-refractivity contribution < 1.29 is 14.4 Å². The Morgan fingerprint density at radius 1 is 1.03 bits per heavy atom. The molecular formula is C22H23N5O3S. The van der Waals surface area contributed by atoms with E-state index in [-0.39, 0.29) is 24.1 Å². The van der Waals surface area contributed by atoms with Crippen molar-refractivity contribution in [2.45, 2.75) is 30.9 Å². The first-order chi connectivity index (χ1) is 15.1. The number of anilines is 2. The fraction of sp³-hybridized carbons (Fsp3) is 0.318. The van der Waals surface area contributed by atoms with E-state index in [1.165, 1.54) is 18.2 Å². The zero-order valence-corrected chi connectivity index (χ0v) is 17.7. The van der Waals surface area contributed by atoms with Gasteiger partial charge in [-0.3, -0.25) is 19.4 Å². The number of nitrogens with one attached hydrogen (secondary N) is 2. The Morgan fingerprint density at radius 2 is 1.81 bits per heavy atom. The number of carbonyl (C=O) groups is 3. The molecule has 160 valence electrons. The summed E-state index contributed by atoms with van der Waals surface area (Å²) in [5.74, 6) is -0.831. The second kappa shape index (κ2) is 9.74. The van der Waals surface area contributed by atoms with E-state index in [9.17, 15) is 14.4 Å². The molecule has 0 spiro atoms. The summed E-state index contributed by atoms with van der Waals surface area (Å²) in [5, 5.41) is 5.79. The summed E-state index contributed by atoms with van der Waals surface area (Å²) < 4.78 is 0. The first-order valence-electron chi connectivity index (χ1n) is 10.2. The SMILES string of the molecule is O=C(CC1SC(N2CCCCC2)=NC1=O)Nc1cccc(C(=O)Nc2ccncc2)c1. The Bertz CT molecular complexity index is 1010. The number of pyridine rings is 1. The van der Waals surface area contributed by atoms with Gasteiger partial charge in [-0.25, -0.2) is 0 Å². The maximum absolute atomic E-state index is 12.5. The molecule has 2 aliphatic rings. The topological polar surface area (TPSA) is 104 Å². The number of amidine groups is 1. The Balaban J connectivity index is 1.32. The standard InChI is InChI=1S/C22H23N5O3S/c28-19(14-18-21(30)26-22(31-18)27-11-2-1-3-12-27)24-17-6-4-5-15(13-17)20(29)25-16-7-9-23-10-8-16/h4-10,13,18H,1-3,11-12,14H2,(H,24,28)(H,23,25,29). The highest BCUT2D eigenvalue weighted by Crippen LogP contribution is 2.29. The normalized spacial score (nSPS) is 18.5. The van der Waals surface area contributed by atoms with Gasteiger partial charge in [-0.05, 0) is 49.6 Å². The smallest absolute Gasteiger partial charge is 0.262 e. The van der Waals surface area contributed by atoms with E-state index in [4.69, 9.17) is 0 Å². The van der Waals surface area contributed by atoms with Gasteiger partial charge in [-0.2, -0.15) is 4.99 Å². The number of hydrogen-bond donors (Lipinski definition) is 2. The van der Waals surface area contributed by atoms with E-state index in [0.29, 0.717) is 16.9 Å². The van der Waals surface area contributed by atoms with Gasteiger partial charge in [0.15, 0.2) is 5.17 Å². The van der Waals surface area contributed by atoms with Gasteiger partial charge in [-0.15, -0.1) is 0 Å². The van der Waals surface area contributed by atoms with Crippen LogP contribution in [-0.4, -0.2) is 51.1 Å². The van der Waals surface area contributed by atoms with Crippen LogP contribution >= 0.6 is 11.8 Å². The van der Waals surface area contributed by atoms with Gasteiger partial charge >= 0.3 is 0 Å². The van der Waals surface area contributed by atoms with Gasteiger partial charge in [0.05, 0.1) is 0 Å². The van der Waals surface area contributed by atoms with E-state index >= 15 is 0 Å². The number of carbonyl (C=O) groups excluding carboxylic acids is 3. The van der Waals surface area contributed by atoms with Crippen molar-refractivity contribution in [2.24, 2.45) is 4.99 Å². The molecule has 1 saturated heterocycles. The first kappa shape index (κ1) is 21.0. The summed E-state index contributed by atoms with van der Waals surface area (Å²) in [5.41, 5.74) is 1.55. The van der Waals surface area contributed by atoms with Gasteiger partial charge in [0, 0.05) is 48.8 Å². The Kier molecular flexibility index (Phi) is 6.61. The van der Waals surface area contributed by atoms with E-state index in [0.717, 1.165) is 31.1 Å². The summed E-state index contributed by atoms with van der Waals surface area (Å²) in [7, 11) is 0. The van der Waals surface area contributed by atoms with Crippen LogP contribution in [0.1, 0.15) is 36.0 Å². The summed E-state index contributed by atoms with van der Waals surface area (Å²) in [6, 6.07) is 10.1. The highest BCUT2D eigenvalue weighted by Gasteiger charge is 2.33. The van der Waals surface area contributed by atoms with Gasteiger partial charge < -0.3 is 15.5 Å². The molecule has 2 N–H and O–H groups in total. The van der Waals surface area contributed by atoms with Crippen molar-refractivity contribution in [3.8, 4) is 0 Å². The van der Waals surface area contributed by atoms with Crippen LogP contribution in [0.4, 0.5) is 11.4 Å². The third-order valence-corrected chi connectivity index (χ3v) is 6.29. The van der Waals surface area contributed by atoms with Gasteiger partial charge in [-0.1, -0.05) is 17.8 Å². The number of aliphatic imine (C=N–C) groups is 1. The summed E-state index contributed by atoms with van der Waals surface area (Å²) >= 11 is 1.37. The third kappa shape index (κ3) is 5.49. The molecule has 31 heavy (non-hydrogen) atoms. The lowest BCUT2D eigenvalue weighted by Gasteiger charge is -2.27. The molecule has 3 heterocycles. The molecule has 4 rings (SSSR count). The lowest BCUT2D eigenvalue weighted by Crippen LogP contribution is -2.33. The monoisotopic (exact) mass is 437 g/mol. The van der Waals surface area contributed by atoms with Crippen molar-refractivity contribution in [1.29, 1.82) is 0 Å². The molecule has 1 fully saturated rings. The van der Waals surface area contributed by atoms with Crippen molar-refractivity contribution in [3.63, 3.8) is 0 Å². The summed E-state index contributed by atoms with van der Waals surface area (Å²) in [4.78, 5) is 47.4. The first-order valence-corrected chi connectivity index (χ1v) is 11.1. The van der Waals surface area contributed by atoms with Crippen molar-refractivity contribution in [2.75, 3.05) is 23.7 Å². The lowest BCUT2D eigenvalue weighted by molar-refractivity contribution is -0.121. The molecular weight excluding hydrogens is 414 g/mol. The molecule has 0 radical (unpaired) electrons. The minimum atomic E-state index is -0.505. The molecule has 0 bridgehead atoms. The van der Waals surface area contributed by atoms with Gasteiger partial charge in [0.2, 0.25) is 5.91 Å². The van der Waals surface area contributed by atoms with Crippen molar-refractivity contribution in [1.82, 2.24) is 9.88 Å². The molecule has 0 saturated carbocycles. The van der Waals surface area contributed by atoms with Crippen LogP contribution in [0, 0.1) is 0 Å². The largest absolute Gasteiger partial charge is 0.351 e. The Hall–Kier alpha value is -3.20. The van der Waals surface area contributed by atoms with Gasteiger partial charge in [0.25, 0.3) is 11.8 Å². The predicted octanol–water partition coefficient (Wildman–Crippen LogP) is 3.15. The average Bonchev–Trinajstić information content (AvgIpc) is 3.15. The number of nitrogens with zero attached hydrogens (tertiary/aromatic N) is 3. The third-order valence-electron chi connectivity index (χ3n) is 5.07. The maximum Gasteiger partial charge on any atom is 0.262 e. The summed E-state index contributed by atoms with van der Waals surface area (Å²) in [6.45, 7) is 1.82. The lowest BCUT2D eigenvalue weighted by atomic mass is 10.1. The van der Waals surface area contributed by atoms with E-state index in [2.05, 4.69) is 25.5 Å². The van der Waals surface area contributed by atoms with Crippen LogP contribution in [0.3, 0.4) is 0 Å². The maximum atomic E-state index is 12.5. The Morgan fingerprint density at radius 3 is 2.58 bits per heavy atom. The second-order valence-corrected chi connectivity index (χ2v) is 8.58. The fourth-order valence-electron chi connectivity index (χ4n) is 3.49. The van der Waals surface area contributed by atoms with E-state index in [1.807, 2.05) is 0 Å². The molecule has 8 nitrogen and oxygen atoms in total. The molecule has 9 heteroatoms. The van der Waals surface area contributed by atoms with Crippen molar-refractivity contribution in [3.05, 3.63) is 54.4 Å². The van der Waals surface area contributed by atoms with Crippen LogP contribution < -0.4 is 10.6 Å². The van der Waals surface area contributed by atoms with Crippen molar-refractivity contribution >= 4 is 46.0 Å². The van der Waals surface area contributed by atoms with Crippen LogP contribution in [0.5, 0.6) is 0 Å². The van der Waals surface area contributed by atoms with Crippen LogP contribution in [0.25, 0.3) is 0 Å². The number of amides is 3. The fourth-order valence-corrected chi connectivity index (χ4v) is 4.60. The summed E-state index contributed by atoms with van der Waals surface area (Å²) in [6.07, 6.45) is 6.63. The molecule has 2 aromatic rings. The average molecular weight is 438 g/mol. The number of thioether (sulfide) groups is 1. The van der Waals surface area contributed by atoms with Crippen LogP contribution in [-0.2, 0) is 9.59 Å². The molecule has 1 unspecified atom stereocenters. The van der Waals surface area contributed by atoms with Crippen LogP contribution in [0.15, 0.2) is 53.8 Å². The number of aromatic nitrogens is 1. The minimum absolute atomic E-state index is 0.0395. The number of benzene rings is 1. The Labute approximate surface area is 184 Å². The predicted molar refractivity (Wildman–Crippen MR) is 121 cm³/mol. The molecule has 1 atom stereocenters. The highest BCUT2D eigenvalue weighted by molar-refractivity contribution is 8.15. The molecule has 0 aliphatic carbocycles. The number of likely N-dealkylation sites (tertiary alicyclic amines) is 1. The molecule has 2 aliphatic heterocycles. The number of rotatable bonds is 5. The highest BCUT2D eigenvalue weighted by atomic mass is 32.2.